The molecule has 0 unspecified atom stereocenters. The van der Waals surface area contributed by atoms with Crippen molar-refractivity contribution >= 4 is 50.7 Å². The number of aromatic nitrogens is 1. The number of nitro benzene ring substituents is 1. The van der Waals surface area contributed by atoms with Crippen molar-refractivity contribution in [3.63, 3.8) is 0 Å². The Morgan fingerprint density at radius 1 is 1.13 bits per heavy atom. The van der Waals surface area contributed by atoms with E-state index in [1.807, 2.05) is 13.8 Å². The molecule has 1 heterocycles. The fourth-order valence-electron chi connectivity index (χ4n) is 3.45. The minimum atomic E-state index is -0.485. The van der Waals surface area contributed by atoms with Gasteiger partial charge in [-0.05, 0) is 50.2 Å². The number of carbonyl (C=O) groups is 1. The number of hydrogen-bond donors (Lipinski definition) is 0. The first kappa shape index (κ1) is 24.7. The van der Waals surface area contributed by atoms with Gasteiger partial charge in [0.1, 0.15) is 0 Å². The van der Waals surface area contributed by atoms with Crippen molar-refractivity contribution in [1.29, 1.82) is 0 Å². The van der Waals surface area contributed by atoms with Gasteiger partial charge >= 0.3 is 0 Å². The molecule has 31 heavy (non-hydrogen) atoms. The van der Waals surface area contributed by atoms with Gasteiger partial charge in [0.2, 0.25) is 0 Å². The van der Waals surface area contributed by atoms with E-state index < -0.39 is 4.92 Å². The number of benzene rings is 2. The Kier molecular flexibility index (Phi) is 8.50. The molecule has 0 N–H and O–H groups in total. The molecule has 0 atom stereocenters. The standard InChI is InChI=1S/C22H26N4O3S.ClH/c1-5-24(6-2)10-11-25(21(27)17-8-7-9-18(14-17)26(28)29)22-23-20-16(4)12-15(3)13-19(20)30-22;/h7-9,12-14H,5-6,10-11H2,1-4H3;1H. The molecule has 166 valence electrons. The Labute approximate surface area is 192 Å². The molecule has 0 saturated carbocycles. The number of amides is 1. The van der Waals surface area contributed by atoms with E-state index in [0.29, 0.717) is 18.2 Å². The van der Waals surface area contributed by atoms with Gasteiger partial charge < -0.3 is 4.90 Å². The summed E-state index contributed by atoms with van der Waals surface area (Å²) >= 11 is 1.48. The minimum Gasteiger partial charge on any atom is -0.302 e. The third kappa shape index (κ3) is 5.58. The number of non-ortho nitro benzene ring substituents is 1. The van der Waals surface area contributed by atoms with Gasteiger partial charge in [-0.2, -0.15) is 0 Å². The van der Waals surface area contributed by atoms with Crippen LogP contribution in [0.3, 0.4) is 0 Å². The van der Waals surface area contributed by atoms with Gasteiger partial charge in [0.05, 0.1) is 15.1 Å². The summed E-state index contributed by atoms with van der Waals surface area (Å²) in [5.74, 6) is -0.278. The fraction of sp³-hybridized carbons (Fsp3) is 0.364. The number of rotatable bonds is 8. The lowest BCUT2D eigenvalue weighted by atomic mass is 10.1. The van der Waals surface area contributed by atoms with Gasteiger partial charge in [-0.3, -0.25) is 19.8 Å². The van der Waals surface area contributed by atoms with Gasteiger partial charge in [0, 0.05) is 30.8 Å². The summed E-state index contributed by atoms with van der Waals surface area (Å²) in [5.41, 5.74) is 3.30. The molecular formula is C22H27ClN4O3S. The van der Waals surface area contributed by atoms with Crippen LogP contribution in [-0.2, 0) is 0 Å². The van der Waals surface area contributed by atoms with Crippen molar-refractivity contribution in [2.24, 2.45) is 0 Å². The van der Waals surface area contributed by atoms with Gasteiger partial charge in [0.25, 0.3) is 11.6 Å². The first-order valence-electron chi connectivity index (χ1n) is 10.0. The van der Waals surface area contributed by atoms with Crippen LogP contribution >= 0.6 is 23.7 Å². The van der Waals surface area contributed by atoms with Gasteiger partial charge in [0.15, 0.2) is 5.13 Å². The first-order chi connectivity index (χ1) is 14.3. The summed E-state index contributed by atoms with van der Waals surface area (Å²) in [6.45, 7) is 11.1. The number of anilines is 1. The van der Waals surface area contributed by atoms with E-state index in [-0.39, 0.29) is 29.6 Å². The van der Waals surface area contributed by atoms with Crippen LogP contribution < -0.4 is 4.90 Å². The summed E-state index contributed by atoms with van der Waals surface area (Å²) in [6.07, 6.45) is 0. The van der Waals surface area contributed by atoms with Crippen molar-refractivity contribution in [2.75, 3.05) is 31.1 Å². The van der Waals surface area contributed by atoms with Crippen LogP contribution in [0.5, 0.6) is 0 Å². The summed E-state index contributed by atoms with van der Waals surface area (Å²) in [7, 11) is 0. The quantitative estimate of drug-likeness (QED) is 0.338. The van der Waals surface area contributed by atoms with E-state index in [4.69, 9.17) is 4.98 Å². The Bertz CT molecular complexity index is 1080. The molecule has 2 aromatic carbocycles. The number of fused-ring (bicyclic) bond motifs is 1. The molecule has 0 aliphatic rings. The predicted molar refractivity (Wildman–Crippen MR) is 129 cm³/mol. The maximum Gasteiger partial charge on any atom is 0.270 e. The normalized spacial score (nSPS) is 10.9. The summed E-state index contributed by atoms with van der Waals surface area (Å²) < 4.78 is 1.03. The van der Waals surface area contributed by atoms with E-state index in [0.717, 1.165) is 34.4 Å². The number of thiazole rings is 1. The third-order valence-corrected chi connectivity index (χ3v) is 6.16. The molecule has 0 aliphatic heterocycles. The Morgan fingerprint density at radius 3 is 2.48 bits per heavy atom. The second-order valence-electron chi connectivity index (χ2n) is 7.22. The van der Waals surface area contributed by atoms with Crippen LogP contribution in [0.4, 0.5) is 10.8 Å². The van der Waals surface area contributed by atoms with Crippen molar-refractivity contribution in [2.45, 2.75) is 27.7 Å². The van der Waals surface area contributed by atoms with Gasteiger partial charge in [-0.25, -0.2) is 4.98 Å². The lowest BCUT2D eigenvalue weighted by Gasteiger charge is -2.24. The molecule has 3 rings (SSSR count). The number of hydrogen-bond acceptors (Lipinski definition) is 6. The number of halogens is 1. The monoisotopic (exact) mass is 462 g/mol. The number of nitrogens with zero attached hydrogens (tertiary/aromatic N) is 4. The molecule has 0 bridgehead atoms. The lowest BCUT2D eigenvalue weighted by molar-refractivity contribution is -0.384. The highest BCUT2D eigenvalue weighted by Crippen LogP contribution is 2.32. The maximum atomic E-state index is 13.4. The summed E-state index contributed by atoms with van der Waals surface area (Å²) in [5, 5.41) is 11.8. The van der Waals surface area contributed by atoms with Crippen molar-refractivity contribution < 1.29 is 9.72 Å². The van der Waals surface area contributed by atoms with Crippen molar-refractivity contribution in [3.8, 4) is 0 Å². The number of likely N-dealkylation sites (N-methyl/N-ethyl adjacent to an activating group) is 1. The van der Waals surface area contributed by atoms with Crippen LogP contribution in [0.2, 0.25) is 0 Å². The minimum absolute atomic E-state index is 0. The largest absolute Gasteiger partial charge is 0.302 e. The highest BCUT2D eigenvalue weighted by molar-refractivity contribution is 7.22. The number of aryl methyl sites for hydroxylation is 2. The molecule has 1 aromatic heterocycles. The maximum absolute atomic E-state index is 13.4. The van der Waals surface area contributed by atoms with Crippen molar-refractivity contribution in [1.82, 2.24) is 9.88 Å². The molecule has 0 radical (unpaired) electrons. The van der Waals surface area contributed by atoms with E-state index in [1.165, 1.54) is 23.5 Å². The molecule has 0 spiro atoms. The fourth-order valence-corrected chi connectivity index (χ4v) is 4.61. The predicted octanol–water partition coefficient (Wildman–Crippen LogP) is 5.23. The van der Waals surface area contributed by atoms with Crippen LogP contribution in [0.25, 0.3) is 10.2 Å². The Hall–Kier alpha value is -2.55. The second-order valence-corrected chi connectivity index (χ2v) is 8.23. The zero-order valence-electron chi connectivity index (χ0n) is 18.1. The third-order valence-electron chi connectivity index (χ3n) is 5.13. The average Bonchev–Trinajstić information content (AvgIpc) is 3.15. The Morgan fingerprint density at radius 2 is 1.84 bits per heavy atom. The van der Waals surface area contributed by atoms with E-state index >= 15 is 0 Å². The van der Waals surface area contributed by atoms with E-state index in [1.54, 1.807) is 17.0 Å². The smallest absolute Gasteiger partial charge is 0.270 e. The molecule has 1 amide bonds. The van der Waals surface area contributed by atoms with Gasteiger partial charge in [-0.15, -0.1) is 12.4 Å². The molecule has 0 fully saturated rings. The highest BCUT2D eigenvalue weighted by Gasteiger charge is 2.23. The average molecular weight is 463 g/mol. The van der Waals surface area contributed by atoms with Crippen molar-refractivity contribution in [3.05, 3.63) is 63.2 Å². The topological polar surface area (TPSA) is 79.6 Å². The number of carbonyl (C=O) groups excluding carboxylic acids is 1. The molecule has 7 nitrogen and oxygen atoms in total. The molecule has 0 aliphatic carbocycles. The summed E-state index contributed by atoms with van der Waals surface area (Å²) in [4.78, 5) is 32.7. The second kappa shape index (κ2) is 10.7. The summed E-state index contributed by atoms with van der Waals surface area (Å²) in [6, 6.07) is 10.0. The Balaban J connectivity index is 0.00000341. The van der Waals surface area contributed by atoms with E-state index in [2.05, 4.69) is 30.9 Å². The zero-order valence-corrected chi connectivity index (χ0v) is 19.8. The van der Waals surface area contributed by atoms with E-state index in [9.17, 15) is 14.9 Å². The van der Waals surface area contributed by atoms with Crippen LogP contribution in [0.15, 0.2) is 36.4 Å². The van der Waals surface area contributed by atoms with Crippen LogP contribution in [0.1, 0.15) is 35.3 Å². The molecular weight excluding hydrogens is 436 g/mol. The highest BCUT2D eigenvalue weighted by atomic mass is 35.5. The molecule has 3 aromatic rings. The first-order valence-corrected chi connectivity index (χ1v) is 10.8. The zero-order chi connectivity index (χ0) is 21.8. The number of nitro groups is 1. The van der Waals surface area contributed by atoms with Gasteiger partial charge in [-0.1, -0.05) is 37.3 Å². The molecule has 0 saturated heterocycles. The van der Waals surface area contributed by atoms with Crippen LogP contribution in [0, 0.1) is 24.0 Å². The SMILES string of the molecule is CCN(CC)CCN(C(=O)c1cccc([N+](=O)[O-])c1)c1nc2c(C)cc(C)cc2s1.Cl. The lowest BCUT2D eigenvalue weighted by Crippen LogP contribution is -2.38. The van der Waals surface area contributed by atoms with Crippen LogP contribution in [-0.4, -0.2) is 46.9 Å². The molecule has 9 heteroatoms.